The van der Waals surface area contributed by atoms with Crippen LogP contribution < -0.4 is 4.74 Å². The molecular formula is C29H31N3O2. The summed E-state index contributed by atoms with van der Waals surface area (Å²) in [6, 6.07) is 27.4. The number of likely N-dealkylation sites (N-methyl/N-ethyl adjacent to an activating group) is 1. The van der Waals surface area contributed by atoms with Gasteiger partial charge in [0.2, 0.25) is 0 Å². The second kappa shape index (κ2) is 9.35. The number of hydrogen-bond acceptors (Lipinski definition) is 3. The fourth-order valence-electron chi connectivity index (χ4n) is 4.86. The highest BCUT2D eigenvalue weighted by Gasteiger charge is 2.28. The van der Waals surface area contributed by atoms with E-state index in [4.69, 9.17) is 4.74 Å². The van der Waals surface area contributed by atoms with Crippen molar-refractivity contribution in [3.8, 4) is 17.0 Å². The normalized spacial score (nSPS) is 15.9. The fraction of sp³-hybridized carbons (Fsp3) is 0.276. The molecule has 0 N–H and O–H groups in total. The van der Waals surface area contributed by atoms with Crippen molar-refractivity contribution in [1.82, 2.24) is 14.4 Å². The molecule has 1 unspecified atom stereocenters. The van der Waals surface area contributed by atoms with E-state index in [0.717, 1.165) is 59.5 Å². The van der Waals surface area contributed by atoms with Crippen molar-refractivity contribution in [2.45, 2.75) is 19.0 Å². The summed E-state index contributed by atoms with van der Waals surface area (Å²) >= 11 is 0. The first-order valence-corrected chi connectivity index (χ1v) is 11.8. The number of nitrogens with zero attached hydrogens (tertiary/aromatic N) is 3. The molecule has 1 saturated heterocycles. The van der Waals surface area contributed by atoms with Gasteiger partial charge in [-0.25, -0.2) is 0 Å². The van der Waals surface area contributed by atoms with Gasteiger partial charge in [-0.2, -0.15) is 0 Å². The molecule has 0 saturated carbocycles. The number of benzene rings is 3. The largest absolute Gasteiger partial charge is 0.497 e. The first kappa shape index (κ1) is 22.2. The second-order valence-electron chi connectivity index (χ2n) is 9.26. The third kappa shape index (κ3) is 4.31. The van der Waals surface area contributed by atoms with Crippen LogP contribution in [-0.2, 0) is 6.54 Å². The van der Waals surface area contributed by atoms with Gasteiger partial charge in [0.15, 0.2) is 0 Å². The number of amides is 1. The number of hydrogen-bond donors (Lipinski definition) is 0. The van der Waals surface area contributed by atoms with Crippen LogP contribution in [0, 0.1) is 0 Å². The van der Waals surface area contributed by atoms with Crippen LogP contribution in [0.1, 0.15) is 22.3 Å². The molecule has 5 heteroatoms. The van der Waals surface area contributed by atoms with Crippen molar-refractivity contribution in [3.63, 3.8) is 0 Å². The topological polar surface area (TPSA) is 37.7 Å². The summed E-state index contributed by atoms with van der Waals surface area (Å²) in [5.74, 6) is 0.977. The highest BCUT2D eigenvalue weighted by molar-refractivity contribution is 5.94. The summed E-state index contributed by atoms with van der Waals surface area (Å²) in [5, 5.41) is 1.15. The molecule has 0 radical (unpaired) electrons. The van der Waals surface area contributed by atoms with Crippen LogP contribution in [0.3, 0.4) is 0 Å². The number of fused-ring (bicyclic) bond motifs is 1. The van der Waals surface area contributed by atoms with Crippen molar-refractivity contribution in [2.24, 2.45) is 0 Å². The first-order valence-electron chi connectivity index (χ1n) is 11.8. The lowest BCUT2D eigenvalue weighted by Crippen LogP contribution is -2.34. The maximum absolute atomic E-state index is 13.0. The van der Waals surface area contributed by atoms with Crippen LogP contribution in [-0.4, -0.2) is 60.6 Å². The van der Waals surface area contributed by atoms with Crippen LogP contribution in [0.25, 0.3) is 22.2 Å². The molecule has 34 heavy (non-hydrogen) atoms. The highest BCUT2D eigenvalue weighted by atomic mass is 16.5. The van der Waals surface area contributed by atoms with Crippen molar-refractivity contribution >= 4 is 16.8 Å². The van der Waals surface area contributed by atoms with Crippen LogP contribution in [0.2, 0.25) is 0 Å². The average molecular weight is 454 g/mol. The molecule has 1 fully saturated rings. The van der Waals surface area contributed by atoms with Gasteiger partial charge in [-0.05, 0) is 68.0 Å². The van der Waals surface area contributed by atoms with E-state index in [1.165, 1.54) is 5.56 Å². The predicted molar refractivity (Wildman–Crippen MR) is 137 cm³/mol. The van der Waals surface area contributed by atoms with Gasteiger partial charge < -0.3 is 19.1 Å². The van der Waals surface area contributed by atoms with E-state index in [1.54, 1.807) is 7.11 Å². The number of rotatable bonds is 6. The van der Waals surface area contributed by atoms with Crippen molar-refractivity contribution < 1.29 is 9.53 Å². The SMILES string of the molecule is COc1ccc2c(c1)cc(-c1ccccc1)n2Cc1ccc(C(=O)N2CCC(N(C)C)C2)cc1. The lowest BCUT2D eigenvalue weighted by molar-refractivity contribution is 0.0783. The lowest BCUT2D eigenvalue weighted by atomic mass is 10.1. The van der Waals surface area contributed by atoms with Gasteiger partial charge >= 0.3 is 0 Å². The van der Waals surface area contributed by atoms with Crippen LogP contribution in [0.15, 0.2) is 78.9 Å². The Labute approximate surface area is 201 Å². The van der Waals surface area contributed by atoms with Crippen LogP contribution >= 0.6 is 0 Å². The Hall–Kier alpha value is -3.57. The summed E-state index contributed by atoms with van der Waals surface area (Å²) in [5.41, 5.74) is 5.42. The van der Waals surface area contributed by atoms with Gasteiger partial charge in [-0.3, -0.25) is 4.79 Å². The summed E-state index contributed by atoms with van der Waals surface area (Å²) in [6.07, 6.45) is 1.03. The maximum atomic E-state index is 13.0. The summed E-state index contributed by atoms with van der Waals surface area (Å²) in [6.45, 7) is 2.34. The van der Waals surface area contributed by atoms with E-state index in [9.17, 15) is 4.79 Å². The Morgan fingerprint density at radius 1 is 1.00 bits per heavy atom. The summed E-state index contributed by atoms with van der Waals surface area (Å²) in [4.78, 5) is 17.2. The third-order valence-electron chi connectivity index (χ3n) is 6.90. The Kier molecular flexibility index (Phi) is 6.12. The minimum absolute atomic E-state index is 0.124. The van der Waals surface area contributed by atoms with Gasteiger partial charge in [-0.15, -0.1) is 0 Å². The van der Waals surface area contributed by atoms with E-state index in [1.807, 2.05) is 29.2 Å². The number of ether oxygens (including phenoxy) is 1. The van der Waals surface area contributed by atoms with Gasteiger partial charge in [0.05, 0.1) is 7.11 Å². The molecule has 0 spiro atoms. The van der Waals surface area contributed by atoms with E-state index in [0.29, 0.717) is 6.04 Å². The van der Waals surface area contributed by atoms with Crippen LogP contribution in [0.5, 0.6) is 5.75 Å². The minimum atomic E-state index is 0.124. The monoisotopic (exact) mass is 453 g/mol. The van der Waals surface area contributed by atoms with Gasteiger partial charge in [-0.1, -0.05) is 42.5 Å². The molecular weight excluding hydrogens is 422 g/mol. The maximum Gasteiger partial charge on any atom is 0.253 e. The quantitative estimate of drug-likeness (QED) is 0.406. The molecule has 2 heterocycles. The number of aromatic nitrogens is 1. The zero-order chi connectivity index (χ0) is 23.7. The molecule has 3 aromatic carbocycles. The fourth-order valence-corrected chi connectivity index (χ4v) is 4.86. The Bertz CT molecular complexity index is 1290. The van der Waals surface area contributed by atoms with Crippen molar-refractivity contribution in [3.05, 3.63) is 90.0 Å². The number of carbonyl (C=O) groups is 1. The predicted octanol–water partition coefficient (Wildman–Crippen LogP) is 5.14. The molecule has 4 aromatic rings. The van der Waals surface area contributed by atoms with E-state index in [-0.39, 0.29) is 5.91 Å². The molecule has 1 aromatic heterocycles. The lowest BCUT2D eigenvalue weighted by Gasteiger charge is -2.20. The zero-order valence-corrected chi connectivity index (χ0v) is 20.1. The van der Waals surface area contributed by atoms with Gasteiger partial charge in [0, 0.05) is 47.8 Å². The smallest absolute Gasteiger partial charge is 0.253 e. The Morgan fingerprint density at radius 3 is 2.44 bits per heavy atom. The van der Waals surface area contributed by atoms with Gasteiger partial charge in [0.25, 0.3) is 5.91 Å². The van der Waals surface area contributed by atoms with Crippen molar-refractivity contribution in [2.75, 3.05) is 34.3 Å². The summed E-state index contributed by atoms with van der Waals surface area (Å²) < 4.78 is 7.78. The minimum Gasteiger partial charge on any atom is -0.497 e. The molecule has 1 aliphatic heterocycles. The highest BCUT2D eigenvalue weighted by Crippen LogP contribution is 2.31. The second-order valence-corrected chi connectivity index (χ2v) is 9.26. The van der Waals surface area contributed by atoms with Crippen molar-refractivity contribution in [1.29, 1.82) is 0 Å². The molecule has 1 amide bonds. The molecule has 5 rings (SSSR count). The molecule has 174 valence electrons. The molecule has 1 atom stereocenters. The van der Waals surface area contributed by atoms with E-state index >= 15 is 0 Å². The molecule has 1 aliphatic rings. The average Bonchev–Trinajstić information content (AvgIpc) is 3.50. The van der Waals surface area contributed by atoms with E-state index < -0.39 is 0 Å². The van der Waals surface area contributed by atoms with Gasteiger partial charge in [0.1, 0.15) is 5.75 Å². The molecule has 0 bridgehead atoms. The first-order chi connectivity index (χ1) is 16.5. The number of carbonyl (C=O) groups excluding carboxylic acids is 1. The number of likely N-dealkylation sites (tertiary alicyclic amines) is 1. The Balaban J connectivity index is 1.42. The number of methoxy groups -OCH3 is 1. The summed E-state index contributed by atoms with van der Waals surface area (Å²) in [7, 11) is 5.86. The van der Waals surface area contributed by atoms with E-state index in [2.05, 4.69) is 78.2 Å². The standard InChI is InChI=1S/C29H31N3O2/c1-30(2)25-15-16-31(20-25)29(33)23-11-9-21(10-12-23)19-32-27-14-13-26(34-3)17-24(27)18-28(32)22-7-5-4-6-8-22/h4-14,17-18,25H,15-16,19-20H2,1-3H3. The molecule has 0 aliphatic carbocycles. The third-order valence-corrected chi connectivity index (χ3v) is 6.90. The Morgan fingerprint density at radius 2 is 1.76 bits per heavy atom. The van der Waals surface area contributed by atoms with Crippen LogP contribution in [0.4, 0.5) is 0 Å². The zero-order valence-electron chi connectivity index (χ0n) is 20.1. The molecule has 5 nitrogen and oxygen atoms in total.